The van der Waals surface area contributed by atoms with Crippen molar-refractivity contribution in [1.82, 2.24) is 4.72 Å². The van der Waals surface area contributed by atoms with Gasteiger partial charge < -0.3 is 10.8 Å². The van der Waals surface area contributed by atoms with Crippen LogP contribution in [0.2, 0.25) is 0 Å². The maximum absolute atomic E-state index is 11.7. The molecule has 0 bridgehead atoms. The van der Waals surface area contributed by atoms with Gasteiger partial charge in [-0.2, -0.15) is 0 Å². The zero-order valence-corrected chi connectivity index (χ0v) is 11.0. The number of primary amides is 1. The van der Waals surface area contributed by atoms with Crippen LogP contribution in [0.1, 0.15) is 0 Å². The van der Waals surface area contributed by atoms with E-state index in [1.54, 1.807) is 12.1 Å². The zero-order valence-electron chi connectivity index (χ0n) is 8.63. The van der Waals surface area contributed by atoms with Crippen molar-refractivity contribution in [1.29, 1.82) is 0 Å². The Bertz CT molecular complexity index is 500. The maximum atomic E-state index is 11.7. The van der Waals surface area contributed by atoms with Crippen molar-refractivity contribution in [2.45, 2.75) is 11.0 Å². The molecule has 1 atom stereocenters. The summed E-state index contributed by atoms with van der Waals surface area (Å²) in [6.07, 6.45) is -1.54. The van der Waals surface area contributed by atoms with E-state index in [1.165, 1.54) is 12.1 Å². The van der Waals surface area contributed by atoms with E-state index in [-0.39, 0.29) is 4.90 Å². The number of carbonyl (C=O) groups is 1. The molecule has 94 valence electrons. The van der Waals surface area contributed by atoms with Crippen molar-refractivity contribution in [2.24, 2.45) is 5.73 Å². The predicted octanol–water partition coefficient (Wildman–Crippen LogP) is -0.426. The van der Waals surface area contributed by atoms with Crippen LogP contribution in [0.15, 0.2) is 33.6 Å². The highest BCUT2D eigenvalue weighted by molar-refractivity contribution is 9.10. The molecular weight excluding hydrogens is 312 g/mol. The Morgan fingerprint density at radius 1 is 1.41 bits per heavy atom. The van der Waals surface area contributed by atoms with E-state index >= 15 is 0 Å². The van der Waals surface area contributed by atoms with Crippen molar-refractivity contribution in [3.63, 3.8) is 0 Å². The van der Waals surface area contributed by atoms with E-state index in [0.717, 1.165) is 4.47 Å². The molecule has 17 heavy (non-hydrogen) atoms. The van der Waals surface area contributed by atoms with Crippen molar-refractivity contribution < 1.29 is 18.3 Å². The first kappa shape index (κ1) is 14.1. The molecule has 1 rings (SSSR count). The number of hydrogen-bond acceptors (Lipinski definition) is 4. The fourth-order valence-electron chi connectivity index (χ4n) is 0.986. The number of carbonyl (C=O) groups excluding carboxylic acids is 1. The molecular formula is C9H11BrN2O4S. The molecule has 0 saturated carbocycles. The Hall–Kier alpha value is -0.960. The second-order valence-corrected chi connectivity index (χ2v) is 5.91. The molecule has 0 aromatic heterocycles. The summed E-state index contributed by atoms with van der Waals surface area (Å²) in [6.45, 7) is -0.451. The molecule has 0 heterocycles. The molecule has 1 aromatic carbocycles. The number of amides is 1. The molecule has 0 aliphatic rings. The molecule has 0 aliphatic heterocycles. The number of nitrogens with two attached hydrogens (primary N) is 1. The van der Waals surface area contributed by atoms with Crippen LogP contribution in [0, 0.1) is 0 Å². The molecule has 1 amide bonds. The minimum absolute atomic E-state index is 0.0392. The lowest BCUT2D eigenvalue weighted by molar-refractivity contribution is -0.125. The Balaban J connectivity index is 2.76. The summed E-state index contributed by atoms with van der Waals surface area (Å²) >= 11 is 3.18. The van der Waals surface area contributed by atoms with Gasteiger partial charge in [-0.05, 0) is 24.3 Å². The van der Waals surface area contributed by atoms with Crippen LogP contribution in [0.3, 0.4) is 0 Å². The fraction of sp³-hybridized carbons (Fsp3) is 0.222. The van der Waals surface area contributed by atoms with Gasteiger partial charge in [0, 0.05) is 11.0 Å². The van der Waals surface area contributed by atoms with Gasteiger partial charge in [-0.1, -0.05) is 15.9 Å². The number of benzene rings is 1. The van der Waals surface area contributed by atoms with Gasteiger partial charge >= 0.3 is 0 Å². The maximum Gasteiger partial charge on any atom is 0.247 e. The summed E-state index contributed by atoms with van der Waals surface area (Å²) in [5.41, 5.74) is 4.79. The summed E-state index contributed by atoms with van der Waals surface area (Å²) in [4.78, 5) is 10.6. The Kier molecular flexibility index (Phi) is 4.63. The minimum Gasteiger partial charge on any atom is -0.382 e. The van der Waals surface area contributed by atoms with Crippen LogP contribution in [0.5, 0.6) is 0 Å². The molecule has 0 aliphatic carbocycles. The van der Waals surface area contributed by atoms with E-state index in [9.17, 15) is 13.2 Å². The lowest BCUT2D eigenvalue weighted by Crippen LogP contribution is -2.39. The molecule has 0 fully saturated rings. The van der Waals surface area contributed by atoms with Crippen LogP contribution in [-0.4, -0.2) is 32.1 Å². The van der Waals surface area contributed by atoms with Crippen LogP contribution < -0.4 is 10.5 Å². The van der Waals surface area contributed by atoms with E-state index in [1.807, 2.05) is 0 Å². The molecule has 6 nitrogen and oxygen atoms in total. The van der Waals surface area contributed by atoms with Gasteiger partial charge in [0.2, 0.25) is 15.9 Å². The smallest absolute Gasteiger partial charge is 0.247 e. The highest BCUT2D eigenvalue weighted by atomic mass is 79.9. The number of halogens is 1. The molecule has 8 heteroatoms. The third kappa shape index (κ3) is 4.08. The first-order valence-electron chi connectivity index (χ1n) is 4.55. The zero-order chi connectivity index (χ0) is 13.1. The Morgan fingerprint density at radius 2 is 1.94 bits per heavy atom. The fourth-order valence-corrected chi connectivity index (χ4v) is 2.29. The monoisotopic (exact) mass is 322 g/mol. The van der Waals surface area contributed by atoms with Gasteiger partial charge in [0.15, 0.2) is 0 Å². The van der Waals surface area contributed by atoms with Gasteiger partial charge in [-0.25, -0.2) is 13.1 Å². The molecule has 0 radical (unpaired) electrons. The highest BCUT2D eigenvalue weighted by Gasteiger charge is 2.17. The summed E-state index contributed by atoms with van der Waals surface area (Å²) in [6, 6.07) is 5.92. The number of aliphatic hydroxyl groups excluding tert-OH is 1. The standard InChI is InChI=1S/C9H11BrN2O4S/c10-6-1-3-7(4-2-6)17(15,16)12-5-8(13)9(11)14/h1-4,8,12-13H,5H2,(H2,11,14). The lowest BCUT2D eigenvalue weighted by atomic mass is 10.3. The molecule has 1 unspecified atom stereocenters. The minimum atomic E-state index is -3.74. The second kappa shape index (κ2) is 5.58. The Morgan fingerprint density at radius 3 is 2.41 bits per heavy atom. The average molecular weight is 323 g/mol. The van der Waals surface area contributed by atoms with E-state index in [4.69, 9.17) is 10.8 Å². The SMILES string of the molecule is NC(=O)C(O)CNS(=O)(=O)c1ccc(Br)cc1. The van der Waals surface area contributed by atoms with Crippen LogP contribution in [0.25, 0.3) is 0 Å². The first-order chi connectivity index (χ1) is 7.83. The largest absolute Gasteiger partial charge is 0.382 e. The van der Waals surface area contributed by atoms with E-state index in [2.05, 4.69) is 20.7 Å². The van der Waals surface area contributed by atoms with Crippen molar-refractivity contribution in [3.05, 3.63) is 28.7 Å². The van der Waals surface area contributed by atoms with Crippen molar-refractivity contribution in [3.8, 4) is 0 Å². The number of sulfonamides is 1. The number of nitrogens with one attached hydrogen (secondary N) is 1. The van der Waals surface area contributed by atoms with Crippen LogP contribution in [-0.2, 0) is 14.8 Å². The topological polar surface area (TPSA) is 109 Å². The third-order valence-corrected chi connectivity index (χ3v) is 3.89. The van der Waals surface area contributed by atoms with E-state index < -0.39 is 28.6 Å². The predicted molar refractivity (Wildman–Crippen MR) is 64.5 cm³/mol. The molecule has 0 saturated heterocycles. The van der Waals surface area contributed by atoms with Gasteiger partial charge in [0.1, 0.15) is 6.10 Å². The normalized spacial score (nSPS) is 13.3. The van der Waals surface area contributed by atoms with Crippen LogP contribution in [0.4, 0.5) is 0 Å². The van der Waals surface area contributed by atoms with Crippen molar-refractivity contribution in [2.75, 3.05) is 6.54 Å². The summed E-state index contributed by atoms with van der Waals surface area (Å²) in [5.74, 6) is -0.983. The molecule has 4 N–H and O–H groups in total. The first-order valence-corrected chi connectivity index (χ1v) is 6.83. The van der Waals surface area contributed by atoms with Gasteiger partial charge in [0.05, 0.1) is 4.90 Å². The number of aliphatic hydroxyl groups is 1. The third-order valence-electron chi connectivity index (χ3n) is 1.92. The summed E-state index contributed by atoms with van der Waals surface area (Å²) in [7, 11) is -3.74. The second-order valence-electron chi connectivity index (χ2n) is 3.22. The van der Waals surface area contributed by atoms with E-state index in [0.29, 0.717) is 0 Å². The summed E-state index contributed by atoms with van der Waals surface area (Å²) < 4.78 is 26.2. The van der Waals surface area contributed by atoms with Gasteiger partial charge in [-0.3, -0.25) is 4.79 Å². The number of hydrogen-bond donors (Lipinski definition) is 3. The average Bonchev–Trinajstić information content (AvgIpc) is 2.26. The van der Waals surface area contributed by atoms with Crippen molar-refractivity contribution >= 4 is 31.9 Å². The number of rotatable bonds is 5. The highest BCUT2D eigenvalue weighted by Crippen LogP contribution is 2.14. The van der Waals surface area contributed by atoms with Gasteiger partial charge in [0.25, 0.3) is 0 Å². The van der Waals surface area contributed by atoms with Gasteiger partial charge in [-0.15, -0.1) is 0 Å². The summed E-state index contributed by atoms with van der Waals surface area (Å²) in [5, 5.41) is 9.07. The van der Waals surface area contributed by atoms with Crippen LogP contribution >= 0.6 is 15.9 Å². The quantitative estimate of drug-likeness (QED) is 0.683. The Labute approximate surface area is 107 Å². The lowest BCUT2D eigenvalue weighted by Gasteiger charge is -2.09. The molecule has 0 spiro atoms. The molecule has 1 aromatic rings.